The largest absolute Gasteiger partial charge is 0.350 e. The summed E-state index contributed by atoms with van der Waals surface area (Å²) >= 11 is 1.68. The van der Waals surface area contributed by atoms with Crippen LogP contribution in [0, 0.1) is 6.92 Å². The zero-order valence-electron chi connectivity index (χ0n) is 6.96. The molecular formula is C8H12N2OS. The van der Waals surface area contributed by atoms with Crippen LogP contribution in [0.1, 0.15) is 9.75 Å². The average Bonchev–Trinajstić information content (AvgIpc) is 2.47. The molecule has 0 aromatic carbocycles. The maximum atomic E-state index is 10.8. The fraction of sp³-hybridized carbons (Fsp3) is 0.375. The molecule has 12 heavy (non-hydrogen) atoms. The zero-order chi connectivity index (χ0) is 8.97. The van der Waals surface area contributed by atoms with E-state index < -0.39 is 0 Å². The van der Waals surface area contributed by atoms with E-state index in [1.165, 1.54) is 4.88 Å². The summed E-state index contributed by atoms with van der Waals surface area (Å²) in [5.74, 6) is -0.110. The van der Waals surface area contributed by atoms with Gasteiger partial charge in [0.25, 0.3) is 0 Å². The lowest BCUT2D eigenvalue weighted by Crippen LogP contribution is -2.29. The van der Waals surface area contributed by atoms with Crippen LogP contribution in [0.5, 0.6) is 0 Å². The number of hydrogen-bond acceptors (Lipinski definition) is 3. The van der Waals surface area contributed by atoms with Crippen molar-refractivity contribution in [1.29, 1.82) is 0 Å². The Kier molecular flexibility index (Phi) is 3.25. The van der Waals surface area contributed by atoms with Gasteiger partial charge in [0, 0.05) is 9.75 Å². The van der Waals surface area contributed by atoms with Gasteiger partial charge in [-0.2, -0.15) is 0 Å². The van der Waals surface area contributed by atoms with Crippen molar-refractivity contribution >= 4 is 17.2 Å². The summed E-state index contributed by atoms with van der Waals surface area (Å²) in [5.41, 5.74) is 5.13. The molecule has 0 aliphatic heterocycles. The second-order valence-electron chi connectivity index (χ2n) is 2.49. The van der Waals surface area contributed by atoms with Gasteiger partial charge in [-0.15, -0.1) is 11.3 Å². The lowest BCUT2D eigenvalue weighted by Gasteiger charge is -1.99. The predicted molar refractivity (Wildman–Crippen MR) is 50.0 cm³/mol. The first kappa shape index (κ1) is 9.22. The normalized spacial score (nSPS) is 9.83. The highest BCUT2D eigenvalue weighted by Gasteiger charge is 1.98. The minimum Gasteiger partial charge on any atom is -0.350 e. The molecule has 66 valence electrons. The van der Waals surface area contributed by atoms with Gasteiger partial charge in [0.2, 0.25) is 5.91 Å². The minimum atomic E-state index is -0.110. The fourth-order valence-electron chi connectivity index (χ4n) is 0.838. The van der Waals surface area contributed by atoms with Crippen molar-refractivity contribution < 1.29 is 4.79 Å². The van der Waals surface area contributed by atoms with Crippen LogP contribution in [0.3, 0.4) is 0 Å². The van der Waals surface area contributed by atoms with Crippen molar-refractivity contribution in [2.75, 3.05) is 6.54 Å². The summed E-state index contributed by atoms with van der Waals surface area (Å²) in [4.78, 5) is 13.2. The van der Waals surface area contributed by atoms with E-state index in [0.29, 0.717) is 6.54 Å². The van der Waals surface area contributed by atoms with Gasteiger partial charge in [0.1, 0.15) is 0 Å². The molecule has 1 amide bonds. The molecule has 1 rings (SSSR count). The first-order valence-electron chi connectivity index (χ1n) is 3.74. The third kappa shape index (κ3) is 2.64. The molecule has 0 bridgehead atoms. The van der Waals surface area contributed by atoms with Crippen LogP contribution in [-0.2, 0) is 11.3 Å². The number of hydrogen-bond donors (Lipinski definition) is 2. The summed E-state index contributed by atoms with van der Waals surface area (Å²) in [6, 6.07) is 4.05. The van der Waals surface area contributed by atoms with Gasteiger partial charge in [-0.25, -0.2) is 0 Å². The van der Waals surface area contributed by atoms with E-state index >= 15 is 0 Å². The van der Waals surface area contributed by atoms with E-state index in [0.717, 1.165) is 4.88 Å². The van der Waals surface area contributed by atoms with E-state index in [9.17, 15) is 4.79 Å². The van der Waals surface area contributed by atoms with Crippen LogP contribution < -0.4 is 11.1 Å². The quantitative estimate of drug-likeness (QED) is 0.724. The Balaban J connectivity index is 2.38. The Morgan fingerprint density at radius 2 is 2.42 bits per heavy atom. The Morgan fingerprint density at radius 1 is 1.67 bits per heavy atom. The van der Waals surface area contributed by atoms with E-state index in [2.05, 4.69) is 5.32 Å². The second-order valence-corrected chi connectivity index (χ2v) is 3.87. The van der Waals surface area contributed by atoms with Crippen LogP contribution in [-0.4, -0.2) is 12.5 Å². The Bertz CT molecular complexity index is 270. The highest BCUT2D eigenvalue weighted by molar-refractivity contribution is 7.11. The average molecular weight is 184 g/mol. The highest BCUT2D eigenvalue weighted by Crippen LogP contribution is 2.14. The summed E-state index contributed by atoms with van der Waals surface area (Å²) < 4.78 is 0. The number of thiophene rings is 1. The van der Waals surface area contributed by atoms with Gasteiger partial charge >= 0.3 is 0 Å². The Labute approximate surface area is 75.6 Å². The molecule has 1 aromatic rings. The van der Waals surface area contributed by atoms with E-state index in [4.69, 9.17) is 5.73 Å². The maximum absolute atomic E-state index is 10.8. The third-order valence-electron chi connectivity index (χ3n) is 1.44. The first-order chi connectivity index (χ1) is 5.72. The first-order valence-corrected chi connectivity index (χ1v) is 4.56. The van der Waals surface area contributed by atoms with Crippen LogP contribution in [0.15, 0.2) is 12.1 Å². The smallest absolute Gasteiger partial charge is 0.234 e. The fourth-order valence-corrected chi connectivity index (χ4v) is 1.67. The van der Waals surface area contributed by atoms with Crippen molar-refractivity contribution in [3.05, 3.63) is 21.9 Å². The van der Waals surface area contributed by atoms with Gasteiger partial charge < -0.3 is 11.1 Å². The van der Waals surface area contributed by atoms with Crippen LogP contribution in [0.4, 0.5) is 0 Å². The molecule has 1 aromatic heterocycles. The van der Waals surface area contributed by atoms with Crippen LogP contribution >= 0.6 is 11.3 Å². The summed E-state index contributed by atoms with van der Waals surface area (Å²) in [5, 5.41) is 2.71. The molecule has 0 aliphatic rings. The second kappa shape index (κ2) is 4.23. The molecule has 1 heterocycles. The molecule has 3 N–H and O–H groups in total. The third-order valence-corrected chi connectivity index (χ3v) is 2.44. The predicted octanol–water partition coefficient (Wildman–Crippen LogP) is 0.631. The molecule has 4 heteroatoms. The molecule has 0 saturated carbocycles. The van der Waals surface area contributed by atoms with E-state index in [1.54, 1.807) is 11.3 Å². The Morgan fingerprint density at radius 3 is 2.92 bits per heavy atom. The van der Waals surface area contributed by atoms with E-state index in [-0.39, 0.29) is 12.5 Å². The number of rotatable bonds is 3. The number of aryl methyl sites for hydroxylation is 1. The van der Waals surface area contributed by atoms with Gasteiger partial charge in [0.05, 0.1) is 13.1 Å². The number of carbonyl (C=O) groups is 1. The van der Waals surface area contributed by atoms with Gasteiger partial charge in [-0.3, -0.25) is 4.79 Å². The number of amides is 1. The summed E-state index contributed by atoms with van der Waals surface area (Å²) in [6.45, 7) is 2.69. The van der Waals surface area contributed by atoms with Gasteiger partial charge in [-0.05, 0) is 19.1 Å². The highest BCUT2D eigenvalue weighted by atomic mass is 32.1. The standard InChI is InChI=1S/C8H12N2OS/c1-6-2-3-7(12-6)5-10-8(11)4-9/h2-3H,4-5,9H2,1H3,(H,10,11). The van der Waals surface area contributed by atoms with Crippen molar-refractivity contribution in [2.24, 2.45) is 5.73 Å². The van der Waals surface area contributed by atoms with Crippen LogP contribution in [0.2, 0.25) is 0 Å². The number of carbonyl (C=O) groups excluding carboxylic acids is 1. The summed E-state index contributed by atoms with van der Waals surface area (Å²) in [7, 11) is 0. The van der Waals surface area contributed by atoms with Gasteiger partial charge in [0.15, 0.2) is 0 Å². The molecule has 0 aliphatic carbocycles. The van der Waals surface area contributed by atoms with Crippen molar-refractivity contribution in [1.82, 2.24) is 5.32 Å². The monoisotopic (exact) mass is 184 g/mol. The Hall–Kier alpha value is -0.870. The van der Waals surface area contributed by atoms with E-state index in [1.807, 2.05) is 19.1 Å². The molecule has 3 nitrogen and oxygen atoms in total. The van der Waals surface area contributed by atoms with Crippen molar-refractivity contribution in [3.8, 4) is 0 Å². The van der Waals surface area contributed by atoms with Gasteiger partial charge in [-0.1, -0.05) is 0 Å². The minimum absolute atomic E-state index is 0.0599. The zero-order valence-corrected chi connectivity index (χ0v) is 7.78. The SMILES string of the molecule is Cc1ccc(CNC(=O)CN)s1. The molecule has 0 radical (unpaired) electrons. The molecule has 0 fully saturated rings. The van der Waals surface area contributed by atoms with Crippen molar-refractivity contribution in [2.45, 2.75) is 13.5 Å². The number of nitrogens with two attached hydrogens (primary N) is 1. The molecule has 0 unspecified atom stereocenters. The molecule has 0 atom stereocenters. The number of nitrogens with one attached hydrogen (secondary N) is 1. The molecule has 0 saturated heterocycles. The van der Waals surface area contributed by atoms with Crippen molar-refractivity contribution in [3.63, 3.8) is 0 Å². The molecule has 0 spiro atoms. The topological polar surface area (TPSA) is 55.1 Å². The maximum Gasteiger partial charge on any atom is 0.234 e. The molecular weight excluding hydrogens is 172 g/mol. The lowest BCUT2D eigenvalue weighted by molar-refractivity contribution is -0.119. The summed E-state index contributed by atoms with van der Waals surface area (Å²) in [6.07, 6.45) is 0. The van der Waals surface area contributed by atoms with Crippen LogP contribution in [0.25, 0.3) is 0 Å². The lowest BCUT2D eigenvalue weighted by atomic mass is 10.4.